The first-order valence-electron chi connectivity index (χ1n) is 6.98. The van der Waals surface area contributed by atoms with Crippen LogP contribution in [-0.2, 0) is 16.0 Å². The summed E-state index contributed by atoms with van der Waals surface area (Å²) in [5.74, 6) is -1.02. The van der Waals surface area contributed by atoms with Gasteiger partial charge in [-0.15, -0.1) is 0 Å². The highest BCUT2D eigenvalue weighted by Gasteiger charge is 2.01. The fraction of sp³-hybridized carbons (Fsp3) is 0.111. The molecule has 0 bridgehead atoms. The van der Waals surface area contributed by atoms with Crippen LogP contribution in [0.3, 0.4) is 0 Å². The number of aliphatic carboxylic acids is 1. The second kappa shape index (κ2) is 7.78. The summed E-state index contributed by atoms with van der Waals surface area (Å²) in [5.41, 5.74) is 2.57. The molecule has 0 aliphatic heterocycles. The summed E-state index contributed by atoms with van der Waals surface area (Å²) in [5, 5.41) is 11.4. The lowest BCUT2D eigenvalue weighted by molar-refractivity contribution is -0.137. The molecule has 0 fully saturated rings. The number of hydrogen-bond donors (Lipinski definition) is 2. The first-order valence-corrected chi connectivity index (χ1v) is 6.98. The predicted molar refractivity (Wildman–Crippen MR) is 86.5 cm³/mol. The Morgan fingerprint density at radius 3 is 2.32 bits per heavy atom. The van der Waals surface area contributed by atoms with Gasteiger partial charge in [0.15, 0.2) is 0 Å². The molecule has 0 aromatic heterocycles. The van der Waals surface area contributed by atoms with Crippen molar-refractivity contribution >= 4 is 23.6 Å². The molecule has 0 spiro atoms. The number of amides is 1. The van der Waals surface area contributed by atoms with Gasteiger partial charge in [-0.3, -0.25) is 9.59 Å². The SMILES string of the molecule is O=C(O)CCc1ccc(NC(=O)C=Cc2ccccc2)cc1. The van der Waals surface area contributed by atoms with Crippen molar-refractivity contribution in [3.05, 3.63) is 71.8 Å². The Morgan fingerprint density at radius 1 is 1.00 bits per heavy atom. The van der Waals surface area contributed by atoms with Gasteiger partial charge < -0.3 is 10.4 Å². The van der Waals surface area contributed by atoms with Crippen molar-refractivity contribution in [3.63, 3.8) is 0 Å². The van der Waals surface area contributed by atoms with Crippen LogP contribution in [0.25, 0.3) is 6.08 Å². The fourth-order valence-corrected chi connectivity index (χ4v) is 1.93. The number of benzene rings is 2. The minimum atomic E-state index is -0.816. The highest BCUT2D eigenvalue weighted by Crippen LogP contribution is 2.11. The van der Waals surface area contributed by atoms with Gasteiger partial charge in [0.1, 0.15) is 0 Å². The maximum Gasteiger partial charge on any atom is 0.303 e. The zero-order valence-corrected chi connectivity index (χ0v) is 12.0. The van der Waals surface area contributed by atoms with Crippen molar-refractivity contribution in [2.75, 3.05) is 5.32 Å². The summed E-state index contributed by atoms with van der Waals surface area (Å²) in [6.45, 7) is 0. The number of carboxylic acid groups (broad SMARTS) is 1. The predicted octanol–water partition coefficient (Wildman–Crippen LogP) is 3.36. The van der Waals surface area contributed by atoms with Crippen molar-refractivity contribution < 1.29 is 14.7 Å². The second-order valence-corrected chi connectivity index (χ2v) is 4.82. The maximum absolute atomic E-state index is 11.8. The Morgan fingerprint density at radius 2 is 1.68 bits per heavy atom. The summed E-state index contributed by atoms with van der Waals surface area (Å²) >= 11 is 0. The number of rotatable bonds is 6. The van der Waals surface area contributed by atoms with E-state index in [2.05, 4.69) is 5.32 Å². The summed E-state index contributed by atoms with van der Waals surface area (Å²) in [7, 11) is 0. The molecule has 4 nitrogen and oxygen atoms in total. The van der Waals surface area contributed by atoms with Gasteiger partial charge in [-0.05, 0) is 35.8 Å². The zero-order valence-electron chi connectivity index (χ0n) is 12.0. The van der Waals surface area contributed by atoms with Crippen LogP contribution in [0.4, 0.5) is 5.69 Å². The topological polar surface area (TPSA) is 66.4 Å². The highest BCUT2D eigenvalue weighted by atomic mass is 16.4. The molecule has 0 heterocycles. The van der Waals surface area contributed by atoms with Crippen molar-refractivity contribution in [2.45, 2.75) is 12.8 Å². The average molecular weight is 295 g/mol. The van der Waals surface area contributed by atoms with Crippen LogP contribution >= 0.6 is 0 Å². The van der Waals surface area contributed by atoms with E-state index in [9.17, 15) is 9.59 Å². The molecule has 2 N–H and O–H groups in total. The van der Waals surface area contributed by atoms with Crippen molar-refractivity contribution in [2.24, 2.45) is 0 Å². The monoisotopic (exact) mass is 295 g/mol. The number of aryl methyl sites for hydroxylation is 1. The Balaban J connectivity index is 1.89. The van der Waals surface area contributed by atoms with Gasteiger partial charge in [0.2, 0.25) is 5.91 Å². The molecule has 0 unspecified atom stereocenters. The number of hydrogen-bond acceptors (Lipinski definition) is 2. The van der Waals surface area contributed by atoms with E-state index in [0.29, 0.717) is 12.1 Å². The molecule has 2 aromatic rings. The molecule has 2 aromatic carbocycles. The first kappa shape index (κ1) is 15.5. The van der Waals surface area contributed by atoms with Crippen LogP contribution in [-0.4, -0.2) is 17.0 Å². The van der Waals surface area contributed by atoms with E-state index in [-0.39, 0.29) is 12.3 Å². The van der Waals surface area contributed by atoms with E-state index in [1.807, 2.05) is 42.5 Å². The Labute approximate surface area is 129 Å². The molecule has 1 amide bonds. The quantitative estimate of drug-likeness (QED) is 0.803. The number of nitrogens with one attached hydrogen (secondary N) is 1. The molecule has 4 heteroatoms. The van der Waals surface area contributed by atoms with Crippen LogP contribution in [0.5, 0.6) is 0 Å². The lowest BCUT2D eigenvalue weighted by Crippen LogP contribution is -2.07. The molecular formula is C18H17NO3. The molecule has 22 heavy (non-hydrogen) atoms. The molecule has 0 aliphatic rings. The smallest absolute Gasteiger partial charge is 0.303 e. The number of carbonyl (C=O) groups excluding carboxylic acids is 1. The highest BCUT2D eigenvalue weighted by molar-refractivity contribution is 6.01. The lowest BCUT2D eigenvalue weighted by atomic mass is 10.1. The van der Waals surface area contributed by atoms with E-state index in [1.54, 1.807) is 18.2 Å². The number of carboxylic acids is 1. The minimum absolute atomic E-state index is 0.103. The van der Waals surface area contributed by atoms with E-state index in [0.717, 1.165) is 11.1 Å². The second-order valence-electron chi connectivity index (χ2n) is 4.82. The van der Waals surface area contributed by atoms with E-state index in [4.69, 9.17) is 5.11 Å². The van der Waals surface area contributed by atoms with Gasteiger partial charge >= 0.3 is 5.97 Å². The summed E-state index contributed by atoms with van der Waals surface area (Å²) in [6, 6.07) is 16.8. The van der Waals surface area contributed by atoms with Crippen molar-refractivity contribution in [3.8, 4) is 0 Å². The number of anilines is 1. The van der Waals surface area contributed by atoms with Gasteiger partial charge in [0.05, 0.1) is 0 Å². The van der Waals surface area contributed by atoms with Crippen LogP contribution in [0.2, 0.25) is 0 Å². The third kappa shape index (κ3) is 5.25. The fourth-order valence-electron chi connectivity index (χ4n) is 1.93. The Hall–Kier alpha value is -2.88. The van der Waals surface area contributed by atoms with Crippen LogP contribution in [0.15, 0.2) is 60.7 Å². The summed E-state index contributed by atoms with van der Waals surface area (Å²) < 4.78 is 0. The molecule has 0 atom stereocenters. The third-order valence-electron chi connectivity index (χ3n) is 3.08. The summed E-state index contributed by atoms with van der Waals surface area (Å²) in [4.78, 5) is 22.3. The van der Waals surface area contributed by atoms with Crippen molar-refractivity contribution in [1.29, 1.82) is 0 Å². The Bertz CT molecular complexity index is 660. The average Bonchev–Trinajstić information content (AvgIpc) is 2.53. The molecule has 0 radical (unpaired) electrons. The number of carbonyl (C=O) groups is 2. The minimum Gasteiger partial charge on any atom is -0.481 e. The van der Waals surface area contributed by atoms with Gasteiger partial charge in [-0.2, -0.15) is 0 Å². The molecule has 0 saturated carbocycles. The van der Waals surface area contributed by atoms with Gasteiger partial charge in [-0.25, -0.2) is 0 Å². The lowest BCUT2D eigenvalue weighted by Gasteiger charge is -2.04. The van der Waals surface area contributed by atoms with Crippen LogP contribution in [0.1, 0.15) is 17.5 Å². The van der Waals surface area contributed by atoms with Gasteiger partial charge in [-0.1, -0.05) is 42.5 Å². The molecular weight excluding hydrogens is 278 g/mol. The van der Waals surface area contributed by atoms with E-state index >= 15 is 0 Å². The van der Waals surface area contributed by atoms with Gasteiger partial charge in [0, 0.05) is 18.2 Å². The first-order chi connectivity index (χ1) is 10.6. The van der Waals surface area contributed by atoms with E-state index < -0.39 is 5.97 Å². The van der Waals surface area contributed by atoms with Gasteiger partial charge in [0.25, 0.3) is 0 Å². The van der Waals surface area contributed by atoms with E-state index in [1.165, 1.54) is 6.08 Å². The molecule has 2 rings (SSSR count). The summed E-state index contributed by atoms with van der Waals surface area (Å²) in [6.07, 6.45) is 3.81. The molecule has 0 aliphatic carbocycles. The molecule has 0 saturated heterocycles. The third-order valence-corrected chi connectivity index (χ3v) is 3.08. The zero-order chi connectivity index (χ0) is 15.8. The standard InChI is InChI=1S/C18H17NO3/c20-17(12-8-14-4-2-1-3-5-14)19-16-10-6-15(7-11-16)9-13-18(21)22/h1-8,10-12H,9,13H2,(H,19,20)(H,21,22). The maximum atomic E-state index is 11.8. The van der Waals surface area contributed by atoms with Crippen molar-refractivity contribution in [1.82, 2.24) is 0 Å². The Kier molecular flexibility index (Phi) is 5.49. The van der Waals surface area contributed by atoms with Crippen LogP contribution in [0, 0.1) is 0 Å². The van der Waals surface area contributed by atoms with Crippen LogP contribution < -0.4 is 5.32 Å². The molecule has 112 valence electrons. The largest absolute Gasteiger partial charge is 0.481 e. The normalized spacial score (nSPS) is 10.5.